The zero-order chi connectivity index (χ0) is 17.1. The van der Waals surface area contributed by atoms with Crippen molar-refractivity contribution >= 4 is 11.6 Å². The maximum Gasteiger partial charge on any atom is 0.296 e. The number of nitrogens with zero attached hydrogens (tertiary/aromatic N) is 3. The summed E-state index contributed by atoms with van der Waals surface area (Å²) >= 11 is 0. The SMILES string of the molecule is O=C(c1cc(C2CC2)no1)N(CCN1CCOCC1)c1ccccc1. The first-order chi connectivity index (χ1) is 12.3. The van der Waals surface area contributed by atoms with Gasteiger partial charge in [0.05, 0.1) is 18.9 Å². The molecule has 1 aliphatic carbocycles. The molecule has 1 aromatic carbocycles. The minimum atomic E-state index is -0.126. The van der Waals surface area contributed by atoms with E-state index in [1.807, 2.05) is 36.4 Å². The van der Waals surface area contributed by atoms with Crippen LogP contribution < -0.4 is 4.90 Å². The number of para-hydroxylation sites is 1. The Hall–Kier alpha value is -2.18. The monoisotopic (exact) mass is 341 g/mol. The van der Waals surface area contributed by atoms with Gasteiger partial charge in [-0.15, -0.1) is 0 Å². The number of carbonyl (C=O) groups excluding carboxylic acids is 1. The van der Waals surface area contributed by atoms with E-state index >= 15 is 0 Å². The summed E-state index contributed by atoms with van der Waals surface area (Å²) < 4.78 is 10.7. The molecule has 0 atom stereocenters. The molecule has 1 saturated heterocycles. The van der Waals surface area contributed by atoms with E-state index in [0.717, 1.165) is 57.1 Å². The molecule has 0 N–H and O–H groups in total. The quantitative estimate of drug-likeness (QED) is 0.808. The maximum absolute atomic E-state index is 13.0. The van der Waals surface area contributed by atoms with Crippen LogP contribution in [0.2, 0.25) is 0 Å². The normalized spacial score (nSPS) is 18.2. The Morgan fingerprint density at radius 1 is 1.20 bits per heavy atom. The molecular weight excluding hydrogens is 318 g/mol. The van der Waals surface area contributed by atoms with E-state index in [1.165, 1.54) is 0 Å². The van der Waals surface area contributed by atoms with E-state index in [9.17, 15) is 4.79 Å². The van der Waals surface area contributed by atoms with Crippen molar-refractivity contribution in [1.29, 1.82) is 0 Å². The number of rotatable bonds is 6. The van der Waals surface area contributed by atoms with Gasteiger partial charge >= 0.3 is 0 Å². The number of carbonyl (C=O) groups is 1. The number of hydrogen-bond donors (Lipinski definition) is 0. The van der Waals surface area contributed by atoms with Crippen LogP contribution in [0.3, 0.4) is 0 Å². The Balaban J connectivity index is 1.50. The third-order valence-electron chi connectivity index (χ3n) is 4.79. The van der Waals surface area contributed by atoms with Gasteiger partial charge in [0, 0.05) is 43.9 Å². The predicted molar refractivity (Wildman–Crippen MR) is 93.9 cm³/mol. The molecule has 1 saturated carbocycles. The van der Waals surface area contributed by atoms with Crippen molar-refractivity contribution in [2.24, 2.45) is 0 Å². The fourth-order valence-electron chi connectivity index (χ4n) is 3.12. The maximum atomic E-state index is 13.0. The first kappa shape index (κ1) is 16.3. The standard InChI is InChI=1S/C19H23N3O3/c23-19(18-14-17(20-25-18)15-6-7-15)22(16-4-2-1-3-5-16)9-8-21-10-12-24-13-11-21/h1-5,14-15H,6-13H2. The Kier molecular flexibility index (Phi) is 4.81. The minimum Gasteiger partial charge on any atom is -0.379 e. The summed E-state index contributed by atoms with van der Waals surface area (Å²) in [5.41, 5.74) is 1.79. The van der Waals surface area contributed by atoms with Crippen LogP contribution >= 0.6 is 0 Å². The van der Waals surface area contributed by atoms with E-state index in [0.29, 0.717) is 18.2 Å². The van der Waals surface area contributed by atoms with Gasteiger partial charge in [-0.3, -0.25) is 9.69 Å². The molecule has 1 aromatic heterocycles. The van der Waals surface area contributed by atoms with Gasteiger partial charge in [-0.05, 0) is 25.0 Å². The van der Waals surface area contributed by atoms with Crippen LogP contribution in [-0.2, 0) is 4.74 Å². The van der Waals surface area contributed by atoms with Crippen molar-refractivity contribution in [3.05, 3.63) is 47.9 Å². The molecule has 1 amide bonds. The van der Waals surface area contributed by atoms with E-state index in [2.05, 4.69) is 10.1 Å². The highest BCUT2D eigenvalue weighted by Crippen LogP contribution is 2.39. The van der Waals surface area contributed by atoms with E-state index in [4.69, 9.17) is 9.26 Å². The number of hydrogen-bond acceptors (Lipinski definition) is 5. The molecule has 0 unspecified atom stereocenters. The van der Waals surface area contributed by atoms with Crippen molar-refractivity contribution in [3.8, 4) is 0 Å². The molecule has 0 spiro atoms. The van der Waals surface area contributed by atoms with Crippen LogP contribution in [0.1, 0.15) is 35.0 Å². The third-order valence-corrected chi connectivity index (χ3v) is 4.79. The summed E-state index contributed by atoms with van der Waals surface area (Å²) in [5, 5.41) is 4.08. The molecule has 6 heteroatoms. The minimum absolute atomic E-state index is 0.126. The molecule has 0 bridgehead atoms. The molecule has 0 radical (unpaired) electrons. The van der Waals surface area contributed by atoms with Crippen molar-refractivity contribution in [3.63, 3.8) is 0 Å². The second-order valence-electron chi connectivity index (χ2n) is 6.64. The van der Waals surface area contributed by atoms with E-state index in [-0.39, 0.29) is 5.91 Å². The fraction of sp³-hybridized carbons (Fsp3) is 0.474. The zero-order valence-electron chi connectivity index (χ0n) is 14.3. The van der Waals surface area contributed by atoms with Gasteiger partial charge in [-0.25, -0.2) is 0 Å². The van der Waals surface area contributed by atoms with Crippen LogP contribution in [0.15, 0.2) is 40.9 Å². The second-order valence-corrected chi connectivity index (χ2v) is 6.64. The van der Waals surface area contributed by atoms with Gasteiger partial charge in [-0.2, -0.15) is 0 Å². The molecule has 2 aromatic rings. The average molecular weight is 341 g/mol. The van der Waals surface area contributed by atoms with Crippen LogP contribution in [0.4, 0.5) is 5.69 Å². The number of ether oxygens (including phenoxy) is 1. The molecule has 25 heavy (non-hydrogen) atoms. The van der Waals surface area contributed by atoms with Crippen LogP contribution in [-0.4, -0.2) is 55.4 Å². The number of aromatic nitrogens is 1. The molecule has 132 valence electrons. The Bertz CT molecular complexity index is 706. The fourth-order valence-corrected chi connectivity index (χ4v) is 3.12. The highest BCUT2D eigenvalue weighted by atomic mass is 16.5. The summed E-state index contributed by atoms with van der Waals surface area (Å²) in [5.74, 6) is 0.676. The second kappa shape index (κ2) is 7.37. The lowest BCUT2D eigenvalue weighted by atomic mass is 10.2. The molecule has 2 heterocycles. The highest BCUT2D eigenvalue weighted by Gasteiger charge is 2.30. The zero-order valence-corrected chi connectivity index (χ0v) is 14.3. The molecule has 6 nitrogen and oxygen atoms in total. The summed E-state index contributed by atoms with van der Waals surface area (Å²) in [4.78, 5) is 17.1. The first-order valence-corrected chi connectivity index (χ1v) is 8.95. The molecular formula is C19H23N3O3. The van der Waals surface area contributed by atoms with E-state index in [1.54, 1.807) is 4.90 Å². The van der Waals surface area contributed by atoms with Crippen molar-refractivity contribution in [1.82, 2.24) is 10.1 Å². The van der Waals surface area contributed by atoms with Crippen molar-refractivity contribution < 1.29 is 14.1 Å². The number of anilines is 1. The molecule has 4 rings (SSSR count). The van der Waals surface area contributed by atoms with Gasteiger partial charge in [0.15, 0.2) is 0 Å². The highest BCUT2D eigenvalue weighted by molar-refractivity contribution is 6.04. The first-order valence-electron chi connectivity index (χ1n) is 8.95. The summed E-state index contributed by atoms with van der Waals surface area (Å²) in [6, 6.07) is 11.6. The van der Waals surface area contributed by atoms with E-state index < -0.39 is 0 Å². The summed E-state index contributed by atoms with van der Waals surface area (Å²) in [6.45, 7) is 4.75. The number of amides is 1. The lowest BCUT2D eigenvalue weighted by molar-refractivity contribution is 0.0390. The molecule has 2 aliphatic rings. The lowest BCUT2D eigenvalue weighted by Gasteiger charge is -2.29. The Morgan fingerprint density at radius 3 is 2.68 bits per heavy atom. The van der Waals surface area contributed by atoms with Crippen LogP contribution in [0.5, 0.6) is 0 Å². The smallest absolute Gasteiger partial charge is 0.296 e. The van der Waals surface area contributed by atoms with Gasteiger partial charge in [0.2, 0.25) is 5.76 Å². The van der Waals surface area contributed by atoms with Gasteiger partial charge in [0.1, 0.15) is 0 Å². The summed E-state index contributed by atoms with van der Waals surface area (Å²) in [7, 11) is 0. The van der Waals surface area contributed by atoms with Gasteiger partial charge in [-0.1, -0.05) is 23.4 Å². The van der Waals surface area contributed by atoms with Gasteiger partial charge < -0.3 is 14.2 Å². The largest absolute Gasteiger partial charge is 0.379 e. The van der Waals surface area contributed by atoms with Crippen LogP contribution in [0.25, 0.3) is 0 Å². The Morgan fingerprint density at radius 2 is 1.96 bits per heavy atom. The number of morpholine rings is 1. The average Bonchev–Trinajstić information content (AvgIpc) is 3.40. The van der Waals surface area contributed by atoms with Crippen molar-refractivity contribution in [2.75, 3.05) is 44.3 Å². The molecule has 1 aliphatic heterocycles. The predicted octanol–water partition coefficient (Wildman–Crippen LogP) is 2.53. The van der Waals surface area contributed by atoms with Gasteiger partial charge in [0.25, 0.3) is 5.91 Å². The Labute approximate surface area is 147 Å². The lowest BCUT2D eigenvalue weighted by Crippen LogP contribution is -2.43. The third kappa shape index (κ3) is 3.91. The van der Waals surface area contributed by atoms with Crippen LogP contribution in [0, 0.1) is 0 Å². The topological polar surface area (TPSA) is 58.8 Å². The number of benzene rings is 1. The molecule has 2 fully saturated rings. The van der Waals surface area contributed by atoms with Crippen molar-refractivity contribution in [2.45, 2.75) is 18.8 Å². The summed E-state index contributed by atoms with van der Waals surface area (Å²) in [6.07, 6.45) is 2.28.